The lowest BCUT2D eigenvalue weighted by molar-refractivity contribution is -0.138. The van der Waals surface area contributed by atoms with E-state index in [9.17, 15) is 9.59 Å². The van der Waals surface area contributed by atoms with E-state index in [1.807, 2.05) is 0 Å². The van der Waals surface area contributed by atoms with Gasteiger partial charge in [0.15, 0.2) is 5.60 Å². The zero-order valence-corrected chi connectivity index (χ0v) is 12.4. The lowest BCUT2D eigenvalue weighted by Gasteiger charge is -2.37. The normalized spacial score (nSPS) is 23.9. The van der Waals surface area contributed by atoms with Gasteiger partial charge in [0.05, 0.1) is 6.54 Å². The Hall–Kier alpha value is -2.44. The first-order chi connectivity index (χ1) is 10.6. The van der Waals surface area contributed by atoms with Crippen molar-refractivity contribution in [3.63, 3.8) is 0 Å². The predicted molar refractivity (Wildman–Crippen MR) is 80.2 cm³/mol. The maximum atomic E-state index is 12.2. The van der Waals surface area contributed by atoms with Crippen LogP contribution in [0.1, 0.15) is 26.2 Å². The summed E-state index contributed by atoms with van der Waals surface area (Å²) in [6, 6.07) is 3.42. The number of hydrogen-bond donors (Lipinski definition) is 1. The molecule has 3 heterocycles. The maximum absolute atomic E-state index is 12.2. The summed E-state index contributed by atoms with van der Waals surface area (Å²) in [7, 11) is 0. The molecule has 7 nitrogen and oxygen atoms in total. The molecule has 1 saturated heterocycles. The van der Waals surface area contributed by atoms with Crippen LogP contribution in [0.4, 0.5) is 5.69 Å². The molecule has 1 aromatic heterocycles. The number of hydrogen-bond acceptors (Lipinski definition) is 5. The zero-order chi connectivity index (χ0) is 15.6. The van der Waals surface area contributed by atoms with E-state index >= 15 is 0 Å². The van der Waals surface area contributed by atoms with Crippen LogP contribution in [-0.4, -0.2) is 46.1 Å². The van der Waals surface area contributed by atoms with Crippen molar-refractivity contribution in [3.05, 3.63) is 24.5 Å². The van der Waals surface area contributed by atoms with Crippen molar-refractivity contribution in [3.8, 4) is 0 Å². The largest absolute Gasteiger partial charge is 0.386 e. The van der Waals surface area contributed by atoms with E-state index in [0.29, 0.717) is 24.4 Å². The fourth-order valence-electron chi connectivity index (χ4n) is 2.87. The Kier molecular flexibility index (Phi) is 3.79. The Morgan fingerprint density at radius 1 is 1.36 bits per heavy atom. The quantitative estimate of drug-likeness (QED) is 0.889. The molecule has 1 spiro atoms. The van der Waals surface area contributed by atoms with E-state index in [2.05, 4.69) is 15.5 Å². The second kappa shape index (κ2) is 5.75. The maximum Gasteiger partial charge on any atom is 0.273 e. The van der Waals surface area contributed by atoms with E-state index in [-0.39, 0.29) is 11.8 Å². The third-order valence-corrected chi connectivity index (χ3v) is 4.02. The van der Waals surface area contributed by atoms with Crippen LogP contribution < -0.4 is 5.32 Å². The van der Waals surface area contributed by atoms with Gasteiger partial charge in [0.1, 0.15) is 5.71 Å². The Bertz CT molecular complexity index is 616. The lowest BCUT2D eigenvalue weighted by Crippen LogP contribution is -2.50. The Labute approximate surface area is 128 Å². The number of pyridine rings is 1. The minimum atomic E-state index is -0.547. The summed E-state index contributed by atoms with van der Waals surface area (Å²) < 4.78 is 0. The average Bonchev–Trinajstić information content (AvgIpc) is 2.92. The van der Waals surface area contributed by atoms with Gasteiger partial charge in [-0.1, -0.05) is 5.16 Å². The van der Waals surface area contributed by atoms with Crippen LogP contribution in [0.3, 0.4) is 0 Å². The molecule has 0 aromatic carbocycles. The Morgan fingerprint density at radius 3 is 2.86 bits per heavy atom. The highest BCUT2D eigenvalue weighted by molar-refractivity contribution is 6.43. The van der Waals surface area contributed by atoms with Crippen LogP contribution >= 0.6 is 0 Å². The number of nitrogens with zero attached hydrogens (tertiary/aromatic N) is 3. The van der Waals surface area contributed by atoms with Crippen LogP contribution in [-0.2, 0) is 14.4 Å². The number of carbonyl (C=O) groups excluding carboxylic acids is 2. The van der Waals surface area contributed by atoms with Crippen molar-refractivity contribution in [2.45, 2.75) is 31.8 Å². The molecule has 2 aliphatic heterocycles. The summed E-state index contributed by atoms with van der Waals surface area (Å²) >= 11 is 0. The van der Waals surface area contributed by atoms with Crippen LogP contribution in [0, 0.1) is 0 Å². The van der Waals surface area contributed by atoms with Crippen molar-refractivity contribution in [2.24, 2.45) is 5.16 Å². The fourth-order valence-corrected chi connectivity index (χ4v) is 2.87. The highest BCUT2D eigenvalue weighted by atomic mass is 16.7. The van der Waals surface area contributed by atoms with Crippen LogP contribution in [0.2, 0.25) is 0 Å². The molecule has 0 aliphatic carbocycles. The third-order valence-electron chi connectivity index (χ3n) is 4.02. The summed E-state index contributed by atoms with van der Waals surface area (Å²) in [5.74, 6) is -0.250. The second-order valence-electron chi connectivity index (χ2n) is 5.72. The minimum Gasteiger partial charge on any atom is -0.386 e. The van der Waals surface area contributed by atoms with E-state index in [0.717, 1.165) is 19.4 Å². The number of anilines is 1. The highest BCUT2D eigenvalue weighted by Gasteiger charge is 2.45. The van der Waals surface area contributed by atoms with Gasteiger partial charge in [0.2, 0.25) is 5.91 Å². The molecule has 22 heavy (non-hydrogen) atoms. The van der Waals surface area contributed by atoms with Crippen molar-refractivity contribution in [1.82, 2.24) is 9.88 Å². The van der Waals surface area contributed by atoms with Gasteiger partial charge in [-0.25, -0.2) is 0 Å². The van der Waals surface area contributed by atoms with Gasteiger partial charge in [-0.3, -0.25) is 14.6 Å². The summed E-state index contributed by atoms with van der Waals surface area (Å²) in [6.07, 6.45) is 5.29. The van der Waals surface area contributed by atoms with Gasteiger partial charge < -0.3 is 15.1 Å². The molecule has 3 rings (SSSR count). The SMILES string of the molecule is CC(=O)N1CCCC2(CC(C(=O)Nc3ccncc3)=NO2)C1. The molecular weight excluding hydrogens is 284 g/mol. The number of carbonyl (C=O) groups is 2. The zero-order valence-electron chi connectivity index (χ0n) is 12.4. The summed E-state index contributed by atoms with van der Waals surface area (Å²) in [5, 5.41) is 6.72. The van der Waals surface area contributed by atoms with Gasteiger partial charge >= 0.3 is 0 Å². The molecule has 0 saturated carbocycles. The monoisotopic (exact) mass is 302 g/mol. The first-order valence-electron chi connectivity index (χ1n) is 7.30. The Morgan fingerprint density at radius 2 is 2.14 bits per heavy atom. The number of nitrogens with one attached hydrogen (secondary N) is 1. The molecule has 116 valence electrons. The first kappa shape index (κ1) is 14.5. The Balaban J connectivity index is 1.64. The average molecular weight is 302 g/mol. The minimum absolute atomic E-state index is 0.0253. The van der Waals surface area contributed by atoms with Crippen molar-refractivity contribution >= 4 is 23.2 Å². The van der Waals surface area contributed by atoms with Gasteiger partial charge in [0, 0.05) is 38.0 Å². The van der Waals surface area contributed by atoms with Crippen molar-refractivity contribution in [1.29, 1.82) is 0 Å². The summed E-state index contributed by atoms with van der Waals surface area (Å²) in [4.78, 5) is 35.0. The molecule has 2 amide bonds. The van der Waals surface area contributed by atoms with Crippen LogP contribution in [0.25, 0.3) is 0 Å². The number of likely N-dealkylation sites (tertiary alicyclic amines) is 1. The van der Waals surface area contributed by atoms with Gasteiger partial charge in [-0.05, 0) is 25.0 Å². The van der Waals surface area contributed by atoms with E-state index in [4.69, 9.17) is 4.84 Å². The number of rotatable bonds is 2. The number of piperidine rings is 1. The summed E-state index contributed by atoms with van der Waals surface area (Å²) in [6.45, 7) is 2.77. The molecule has 2 aliphatic rings. The molecule has 0 bridgehead atoms. The number of oxime groups is 1. The third kappa shape index (κ3) is 2.93. The van der Waals surface area contributed by atoms with Crippen molar-refractivity contribution < 1.29 is 14.4 Å². The van der Waals surface area contributed by atoms with E-state index in [1.54, 1.807) is 36.4 Å². The fraction of sp³-hybridized carbons (Fsp3) is 0.467. The second-order valence-corrected chi connectivity index (χ2v) is 5.72. The molecule has 1 unspecified atom stereocenters. The van der Waals surface area contributed by atoms with Crippen LogP contribution in [0.15, 0.2) is 29.7 Å². The van der Waals surface area contributed by atoms with Crippen molar-refractivity contribution in [2.75, 3.05) is 18.4 Å². The van der Waals surface area contributed by atoms with Crippen LogP contribution in [0.5, 0.6) is 0 Å². The molecule has 0 radical (unpaired) electrons. The topological polar surface area (TPSA) is 83.9 Å². The lowest BCUT2D eigenvalue weighted by atomic mass is 9.88. The highest BCUT2D eigenvalue weighted by Crippen LogP contribution is 2.33. The van der Waals surface area contributed by atoms with E-state index in [1.165, 1.54) is 0 Å². The smallest absolute Gasteiger partial charge is 0.273 e. The molecular formula is C15H18N4O3. The molecule has 1 atom stereocenters. The molecule has 7 heteroatoms. The van der Waals surface area contributed by atoms with Gasteiger partial charge in [-0.2, -0.15) is 0 Å². The number of amides is 2. The summed E-state index contributed by atoms with van der Waals surface area (Å²) in [5.41, 5.74) is 0.481. The number of aromatic nitrogens is 1. The van der Waals surface area contributed by atoms with E-state index < -0.39 is 5.60 Å². The molecule has 1 fully saturated rings. The predicted octanol–water partition coefficient (Wildman–Crippen LogP) is 1.18. The van der Waals surface area contributed by atoms with Gasteiger partial charge in [-0.15, -0.1) is 0 Å². The standard InChI is InChI=1S/C15H18N4O3/c1-11(20)19-8-2-5-15(10-19)9-13(18-22-15)14(21)17-12-3-6-16-7-4-12/h3-4,6-7H,2,5,8-10H2,1H3,(H,16,17,21). The van der Waals surface area contributed by atoms with Gasteiger partial charge in [0.25, 0.3) is 5.91 Å². The first-order valence-corrected chi connectivity index (χ1v) is 7.30. The molecule has 1 aromatic rings. The molecule has 1 N–H and O–H groups in total.